The van der Waals surface area contributed by atoms with Crippen molar-refractivity contribution in [3.63, 3.8) is 0 Å². The Morgan fingerprint density at radius 2 is 1.04 bits per heavy atom. The molecule has 0 saturated heterocycles. The van der Waals surface area contributed by atoms with Gasteiger partial charge in [0.1, 0.15) is 6.10 Å². The van der Waals surface area contributed by atoms with Crippen molar-refractivity contribution < 1.29 is 48.8 Å². The van der Waals surface area contributed by atoms with Crippen LogP contribution in [-0.4, -0.2) is 90.0 Å². The Hall–Kier alpha value is -3.51. The van der Waals surface area contributed by atoms with Crippen molar-refractivity contribution in [2.75, 3.05) is 33.9 Å². The number of carbonyl (C=O) groups excluding carboxylic acids is 3. The Bertz CT molecular complexity index is 1550. The van der Waals surface area contributed by atoms with Crippen molar-refractivity contribution in [3.05, 3.63) is 35.4 Å². The zero-order valence-corrected chi connectivity index (χ0v) is 44.2. The van der Waals surface area contributed by atoms with Gasteiger partial charge in [-0.15, -0.1) is 0 Å². The van der Waals surface area contributed by atoms with Gasteiger partial charge in [-0.2, -0.15) is 0 Å². The summed E-state index contributed by atoms with van der Waals surface area (Å²) in [6.07, 6.45) is 19.7. The van der Waals surface area contributed by atoms with Crippen LogP contribution >= 0.6 is 0 Å². The maximum Gasteiger partial charge on any atom is 0.310 e. The Kier molecular flexibility index (Phi) is 32.7. The quantitative estimate of drug-likeness (QED) is 0.0361. The number of nitrogens with zero attached hydrogens (tertiary/aromatic N) is 1. The van der Waals surface area contributed by atoms with Crippen molar-refractivity contribution in [2.45, 2.75) is 234 Å². The van der Waals surface area contributed by atoms with Gasteiger partial charge >= 0.3 is 23.9 Å². The maximum atomic E-state index is 13.9. The molecule has 1 aromatic carbocycles. The molecule has 1 aromatic rings. The molecule has 392 valence electrons. The molecule has 0 fully saturated rings. The fraction of sp³-hybridized carbons (Fsp3) is 0.804. The number of hydrogen-bond acceptors (Lipinski definition) is 9. The van der Waals surface area contributed by atoms with E-state index in [4.69, 9.17) is 9.47 Å². The number of nitrogens with one attached hydrogen (secondary N) is 1. The molecule has 0 aliphatic rings. The monoisotopic (exact) mass is 959 g/mol. The van der Waals surface area contributed by atoms with Gasteiger partial charge in [0.05, 0.1) is 30.5 Å². The van der Waals surface area contributed by atoms with Crippen molar-refractivity contribution in [2.24, 2.45) is 22.2 Å². The summed E-state index contributed by atoms with van der Waals surface area (Å²) in [5.41, 5.74) is -1.40. The first-order chi connectivity index (χ1) is 32.4. The molecule has 68 heavy (non-hydrogen) atoms. The van der Waals surface area contributed by atoms with E-state index >= 15 is 0 Å². The van der Waals surface area contributed by atoms with Gasteiger partial charge in [0, 0.05) is 30.8 Å². The summed E-state index contributed by atoms with van der Waals surface area (Å²) < 4.78 is 11.5. The predicted octanol–water partition coefficient (Wildman–Crippen LogP) is 12.3. The number of ether oxygens (including phenoxy) is 2. The molecule has 12 nitrogen and oxygen atoms in total. The normalized spacial score (nSPS) is 14.4. The van der Waals surface area contributed by atoms with Crippen LogP contribution in [0.3, 0.4) is 0 Å². The van der Waals surface area contributed by atoms with E-state index in [-0.39, 0.29) is 39.0 Å². The highest BCUT2D eigenvalue weighted by Crippen LogP contribution is 2.49. The van der Waals surface area contributed by atoms with Gasteiger partial charge in [-0.1, -0.05) is 194 Å². The molecule has 0 heterocycles. The molecule has 0 aliphatic heterocycles. The summed E-state index contributed by atoms with van der Waals surface area (Å²) in [4.78, 5) is 68.9. The first-order valence-electron chi connectivity index (χ1n) is 26.9. The first-order valence-corrected chi connectivity index (χ1v) is 26.9. The Morgan fingerprint density at radius 1 is 0.603 bits per heavy atom. The van der Waals surface area contributed by atoms with E-state index in [9.17, 15) is 39.3 Å². The summed E-state index contributed by atoms with van der Waals surface area (Å²) in [5.74, 6) is -4.40. The Labute approximate surface area is 412 Å². The zero-order valence-electron chi connectivity index (χ0n) is 44.2. The van der Waals surface area contributed by atoms with Crippen LogP contribution in [0.5, 0.6) is 0 Å². The van der Waals surface area contributed by atoms with E-state index in [1.165, 1.54) is 5.56 Å². The molecule has 1 rings (SSSR count). The number of carboxylic acids is 2. The SMILES string of the molecule is CCCCCCCCC(CCCCCC)(CC(COC(=O)CCNC(=O)[C@H](O)C(C)(C)COC(=O)CCc1ccc(CN(C)C)cc1)C(CCCCCC)(CCCCCCCC)C(=O)O)C(=O)O. The minimum atomic E-state index is -1.54. The largest absolute Gasteiger partial charge is 0.481 e. The van der Waals surface area contributed by atoms with E-state index < -0.39 is 58.1 Å². The van der Waals surface area contributed by atoms with Crippen molar-refractivity contribution >= 4 is 29.8 Å². The summed E-state index contributed by atoms with van der Waals surface area (Å²) in [6.45, 7) is 12.1. The molecule has 0 radical (unpaired) electrons. The molecule has 0 aromatic heterocycles. The molecule has 1 amide bonds. The lowest BCUT2D eigenvalue weighted by molar-refractivity contribution is -0.166. The number of aliphatic hydroxyl groups excluding tert-OH is 1. The van der Waals surface area contributed by atoms with E-state index in [2.05, 4.69) is 37.9 Å². The molecule has 12 heteroatoms. The predicted molar refractivity (Wildman–Crippen MR) is 273 cm³/mol. The third-order valence-electron chi connectivity index (χ3n) is 14.1. The second-order valence-corrected chi connectivity index (χ2v) is 20.9. The fourth-order valence-corrected chi connectivity index (χ4v) is 9.50. The Balaban J connectivity index is 3.24. The maximum absolute atomic E-state index is 13.9. The minimum absolute atomic E-state index is 0.110. The van der Waals surface area contributed by atoms with Crippen LogP contribution in [0.15, 0.2) is 24.3 Å². The van der Waals surface area contributed by atoms with Crippen molar-refractivity contribution in [1.29, 1.82) is 0 Å². The van der Waals surface area contributed by atoms with Gasteiger partial charge in [-0.3, -0.25) is 24.0 Å². The van der Waals surface area contributed by atoms with Crippen molar-refractivity contribution in [3.8, 4) is 0 Å². The number of unbranched alkanes of at least 4 members (excludes halogenated alkanes) is 16. The van der Waals surface area contributed by atoms with Gasteiger partial charge in [0.25, 0.3) is 0 Å². The van der Waals surface area contributed by atoms with E-state index in [0.29, 0.717) is 44.9 Å². The molecule has 4 N–H and O–H groups in total. The number of aryl methyl sites for hydroxylation is 1. The lowest BCUT2D eigenvalue weighted by Gasteiger charge is -2.42. The molecule has 4 atom stereocenters. The van der Waals surface area contributed by atoms with Crippen LogP contribution in [0.25, 0.3) is 0 Å². The van der Waals surface area contributed by atoms with Crippen LogP contribution in [0, 0.1) is 22.2 Å². The topological polar surface area (TPSA) is 180 Å². The molecular formula is C56H98N2O10. The molecule has 0 bridgehead atoms. The minimum Gasteiger partial charge on any atom is -0.481 e. The van der Waals surface area contributed by atoms with E-state index in [1.54, 1.807) is 13.8 Å². The number of aliphatic hydroxyl groups is 1. The van der Waals surface area contributed by atoms with Crippen LogP contribution in [0.1, 0.15) is 226 Å². The number of rotatable bonds is 43. The summed E-state index contributed by atoms with van der Waals surface area (Å²) in [5, 5.41) is 36.1. The van der Waals surface area contributed by atoms with Crippen LogP contribution in [0.4, 0.5) is 0 Å². The van der Waals surface area contributed by atoms with Gasteiger partial charge in [0.2, 0.25) is 5.91 Å². The second kappa shape index (κ2) is 35.6. The summed E-state index contributed by atoms with van der Waals surface area (Å²) in [6, 6.07) is 8.06. The van der Waals surface area contributed by atoms with Crippen molar-refractivity contribution in [1.82, 2.24) is 10.2 Å². The second-order valence-electron chi connectivity index (χ2n) is 20.9. The van der Waals surface area contributed by atoms with Crippen LogP contribution < -0.4 is 5.32 Å². The van der Waals surface area contributed by atoms with E-state index in [0.717, 1.165) is 128 Å². The molecular weight excluding hydrogens is 861 g/mol. The zero-order chi connectivity index (χ0) is 50.9. The average Bonchev–Trinajstić information content (AvgIpc) is 3.30. The number of hydrogen-bond donors (Lipinski definition) is 4. The summed E-state index contributed by atoms with van der Waals surface area (Å²) in [7, 11) is 4.01. The number of aliphatic carboxylic acids is 2. The average molecular weight is 959 g/mol. The van der Waals surface area contributed by atoms with Gasteiger partial charge in [0.15, 0.2) is 0 Å². The molecule has 3 unspecified atom stereocenters. The fourth-order valence-electron chi connectivity index (χ4n) is 9.50. The highest BCUT2D eigenvalue weighted by molar-refractivity contribution is 5.82. The highest BCUT2D eigenvalue weighted by atomic mass is 16.5. The molecule has 0 spiro atoms. The number of carboxylic acid groups (broad SMARTS) is 2. The first kappa shape index (κ1) is 62.5. The summed E-state index contributed by atoms with van der Waals surface area (Å²) >= 11 is 0. The molecule has 0 aliphatic carbocycles. The lowest BCUT2D eigenvalue weighted by atomic mass is 9.61. The third kappa shape index (κ3) is 24.9. The number of amides is 1. The van der Waals surface area contributed by atoms with E-state index in [1.807, 2.05) is 38.4 Å². The van der Waals surface area contributed by atoms with Gasteiger partial charge in [-0.25, -0.2) is 0 Å². The Morgan fingerprint density at radius 3 is 1.51 bits per heavy atom. The number of benzene rings is 1. The van der Waals surface area contributed by atoms with Gasteiger partial charge in [-0.05, 0) is 63.7 Å². The third-order valence-corrected chi connectivity index (χ3v) is 14.1. The van der Waals surface area contributed by atoms with Gasteiger partial charge < -0.3 is 35.0 Å². The molecule has 0 saturated carbocycles. The standard InChI is InChI=1S/C56H98N2O10/c1-9-13-17-21-23-26-37-55(52(63)64,36-25-19-15-11-3)41-47(56(53(65)66,38-27-20-16-12-4)39-28-24-22-18-14-10-2)43-67-49(60)35-40-57-51(62)50(61)54(5,6)44-68-48(59)34-33-45-29-31-46(32-30-45)42-58(7)8/h29-32,47,50,61H,9-28,33-44H2,1-8H3,(H,57,62)(H,63,64)(H,65,66)/t47?,50-,55?,56?/m0/s1. The lowest BCUT2D eigenvalue weighted by Crippen LogP contribution is -2.47. The van der Waals surface area contributed by atoms with Crippen LogP contribution in [0.2, 0.25) is 0 Å². The van der Waals surface area contributed by atoms with Crippen LogP contribution in [-0.2, 0) is 46.4 Å². The number of carbonyl (C=O) groups is 5. The smallest absolute Gasteiger partial charge is 0.310 e. The highest BCUT2D eigenvalue weighted by Gasteiger charge is 2.50. The number of esters is 2.